The van der Waals surface area contributed by atoms with Crippen LogP contribution in [-0.2, 0) is 4.79 Å². The molecule has 1 fully saturated rings. The van der Waals surface area contributed by atoms with Crippen molar-refractivity contribution in [3.05, 3.63) is 30.0 Å². The molecule has 1 aliphatic heterocycles. The van der Waals surface area contributed by atoms with Crippen LogP contribution in [-0.4, -0.2) is 22.8 Å². The third-order valence-corrected chi connectivity index (χ3v) is 2.03. The molecule has 1 unspecified atom stereocenters. The zero-order valence-corrected chi connectivity index (χ0v) is 6.79. The average Bonchev–Trinajstić information content (AvgIpc) is 2.68. The fraction of sp³-hybridized carbons (Fsp3) is 0.400. The summed E-state index contributed by atoms with van der Waals surface area (Å²) in [4.78, 5) is 15.9. The molecule has 13 heavy (non-hydrogen) atoms. The summed E-state index contributed by atoms with van der Waals surface area (Å²) in [6.07, 6.45) is -0.760. The van der Waals surface area contributed by atoms with E-state index in [1.54, 1.807) is 0 Å². The molecule has 3 nitrogen and oxygen atoms in total. The summed E-state index contributed by atoms with van der Waals surface area (Å²) < 4.78 is 52.6. The van der Waals surface area contributed by atoms with Crippen LogP contribution in [0.25, 0.3) is 0 Å². The SMILES string of the molecule is [2H]c1nc([2H])c(C2CCC(=O)N2C([2H])([2H])[2H])c([2H])c1[2H]. The van der Waals surface area contributed by atoms with E-state index >= 15 is 0 Å². The van der Waals surface area contributed by atoms with Gasteiger partial charge in [-0.15, -0.1) is 0 Å². The zero-order chi connectivity index (χ0) is 15.2. The quantitative estimate of drug-likeness (QED) is 0.659. The Morgan fingerprint density at radius 1 is 1.85 bits per heavy atom. The van der Waals surface area contributed by atoms with Gasteiger partial charge >= 0.3 is 0 Å². The minimum Gasteiger partial charge on any atom is -0.339 e. The van der Waals surface area contributed by atoms with Gasteiger partial charge in [0.2, 0.25) is 5.91 Å². The fourth-order valence-electron chi connectivity index (χ4n) is 1.35. The van der Waals surface area contributed by atoms with Gasteiger partial charge in [-0.25, -0.2) is 0 Å². The maximum Gasteiger partial charge on any atom is 0.222 e. The standard InChI is InChI=1S/C10H12N2O/c1-12-9(4-5-10(12)13)8-3-2-6-11-7-8/h2-3,6-7,9H,4-5H2,1H3/i1D3,2D,3D,6D,7D. The molecule has 1 aliphatic rings. The van der Waals surface area contributed by atoms with Crippen molar-refractivity contribution in [3.63, 3.8) is 0 Å². The zero-order valence-electron chi connectivity index (χ0n) is 13.8. The molecule has 0 spiro atoms. The van der Waals surface area contributed by atoms with E-state index in [4.69, 9.17) is 9.60 Å². The predicted molar refractivity (Wildman–Crippen MR) is 49.0 cm³/mol. The summed E-state index contributed by atoms with van der Waals surface area (Å²) in [6, 6.07) is -1.85. The lowest BCUT2D eigenvalue weighted by Crippen LogP contribution is -2.22. The minimum atomic E-state index is -2.67. The highest BCUT2D eigenvalue weighted by Gasteiger charge is 2.28. The first-order chi connectivity index (χ1) is 9.14. The summed E-state index contributed by atoms with van der Waals surface area (Å²) in [6.45, 7) is -2.67. The van der Waals surface area contributed by atoms with Crippen LogP contribution in [0.15, 0.2) is 24.4 Å². The molecule has 2 rings (SSSR count). The maximum absolute atomic E-state index is 11.7. The van der Waals surface area contributed by atoms with Gasteiger partial charge in [0, 0.05) is 29.9 Å². The van der Waals surface area contributed by atoms with Crippen LogP contribution in [0, 0.1) is 0 Å². The molecule has 0 aliphatic carbocycles. The van der Waals surface area contributed by atoms with Crippen LogP contribution in [0.3, 0.4) is 0 Å². The van der Waals surface area contributed by atoms with E-state index < -0.39 is 43.4 Å². The Morgan fingerprint density at radius 2 is 2.77 bits per heavy atom. The third kappa shape index (κ3) is 1.41. The molecule has 68 valence electrons. The molecule has 0 saturated carbocycles. The lowest BCUT2D eigenvalue weighted by Gasteiger charge is -2.19. The first kappa shape index (κ1) is 3.40. The average molecular weight is 183 g/mol. The summed E-state index contributed by atoms with van der Waals surface area (Å²) >= 11 is 0. The van der Waals surface area contributed by atoms with E-state index in [0.29, 0.717) is 4.90 Å². The molecule has 1 saturated heterocycles. The van der Waals surface area contributed by atoms with Crippen molar-refractivity contribution in [3.8, 4) is 0 Å². The molecule has 0 radical (unpaired) electrons. The number of nitrogens with zero attached hydrogens (tertiary/aromatic N) is 2. The fourth-order valence-corrected chi connectivity index (χ4v) is 1.35. The Bertz CT molecular complexity index is 572. The monoisotopic (exact) mass is 183 g/mol. The molecule has 1 aromatic heterocycles. The van der Waals surface area contributed by atoms with Gasteiger partial charge in [0.15, 0.2) is 0 Å². The van der Waals surface area contributed by atoms with Crippen LogP contribution < -0.4 is 0 Å². The van der Waals surface area contributed by atoms with Gasteiger partial charge in [0.25, 0.3) is 0 Å². The Kier molecular flexibility index (Phi) is 0.829. The molecule has 3 heteroatoms. The lowest BCUT2D eigenvalue weighted by atomic mass is 10.1. The summed E-state index contributed by atoms with van der Waals surface area (Å²) in [5, 5.41) is 0. The van der Waals surface area contributed by atoms with Crippen molar-refractivity contribution in [2.24, 2.45) is 0 Å². The van der Waals surface area contributed by atoms with Gasteiger partial charge in [-0.2, -0.15) is 0 Å². The van der Waals surface area contributed by atoms with Crippen molar-refractivity contribution in [1.29, 1.82) is 0 Å². The van der Waals surface area contributed by atoms with Gasteiger partial charge in [-0.1, -0.05) is 6.04 Å². The van der Waals surface area contributed by atoms with E-state index in [9.17, 15) is 4.79 Å². The largest absolute Gasteiger partial charge is 0.339 e. The molecule has 0 N–H and O–H groups in total. The van der Waals surface area contributed by atoms with Gasteiger partial charge < -0.3 is 4.90 Å². The van der Waals surface area contributed by atoms with Gasteiger partial charge in [-0.05, 0) is 18.0 Å². The molecule has 0 aromatic carbocycles. The molecule has 0 bridgehead atoms. The minimum absolute atomic E-state index is 0.0118. The molecular formula is C10H12N2O. The molecule has 1 aromatic rings. The second-order valence-electron chi connectivity index (χ2n) is 2.82. The highest BCUT2D eigenvalue weighted by Crippen LogP contribution is 2.30. The van der Waals surface area contributed by atoms with E-state index in [-0.39, 0.29) is 18.4 Å². The van der Waals surface area contributed by atoms with Gasteiger partial charge in [-0.3, -0.25) is 9.78 Å². The van der Waals surface area contributed by atoms with E-state index in [1.807, 2.05) is 0 Å². The van der Waals surface area contributed by atoms with Crippen LogP contribution in [0.4, 0.5) is 0 Å². The second-order valence-corrected chi connectivity index (χ2v) is 2.82. The Morgan fingerprint density at radius 3 is 3.62 bits per heavy atom. The van der Waals surface area contributed by atoms with Crippen LogP contribution in [0.5, 0.6) is 0 Å². The normalized spacial score (nSPS) is 31.1. The summed E-state index contributed by atoms with van der Waals surface area (Å²) in [5.41, 5.74) is -0.0759. The molecule has 2 heterocycles. The van der Waals surface area contributed by atoms with Crippen LogP contribution >= 0.6 is 0 Å². The number of likely N-dealkylation sites (tertiary alicyclic amines) is 1. The lowest BCUT2D eigenvalue weighted by molar-refractivity contribution is -0.127. The Balaban J connectivity index is 2.57. The van der Waals surface area contributed by atoms with E-state index in [0.717, 1.165) is 0 Å². The van der Waals surface area contributed by atoms with Crippen molar-refractivity contribution < 1.29 is 14.4 Å². The number of hydrogen-bond acceptors (Lipinski definition) is 2. The van der Waals surface area contributed by atoms with Crippen LogP contribution in [0.1, 0.15) is 34.0 Å². The van der Waals surface area contributed by atoms with Gasteiger partial charge in [0.1, 0.15) is 0 Å². The van der Waals surface area contributed by atoms with Crippen molar-refractivity contribution in [1.82, 2.24) is 9.88 Å². The number of carbonyl (C=O) groups excluding carboxylic acids is 1. The van der Waals surface area contributed by atoms with Crippen molar-refractivity contribution in [2.75, 3.05) is 6.98 Å². The molecular weight excluding hydrogens is 164 g/mol. The predicted octanol–water partition coefficient (Wildman–Crippen LogP) is 1.37. The van der Waals surface area contributed by atoms with E-state index in [1.165, 1.54) is 0 Å². The molecule has 1 amide bonds. The maximum atomic E-state index is 11.7. The molecule has 1 atom stereocenters. The third-order valence-electron chi connectivity index (χ3n) is 2.03. The Hall–Kier alpha value is -1.38. The number of carbonyl (C=O) groups is 1. The number of aromatic nitrogens is 1. The number of amides is 1. The number of rotatable bonds is 1. The van der Waals surface area contributed by atoms with Crippen LogP contribution in [0.2, 0.25) is 0 Å². The topological polar surface area (TPSA) is 33.2 Å². The van der Waals surface area contributed by atoms with E-state index in [2.05, 4.69) is 4.98 Å². The Labute approximate surface area is 87.2 Å². The number of hydrogen-bond donors (Lipinski definition) is 0. The first-order valence-electron chi connectivity index (χ1n) is 7.41. The van der Waals surface area contributed by atoms with Crippen molar-refractivity contribution >= 4 is 5.91 Å². The highest BCUT2D eigenvalue weighted by atomic mass is 16.2. The smallest absolute Gasteiger partial charge is 0.222 e. The summed E-state index contributed by atoms with van der Waals surface area (Å²) in [5.74, 6) is -0.574. The summed E-state index contributed by atoms with van der Waals surface area (Å²) in [7, 11) is 0. The first-order valence-corrected chi connectivity index (χ1v) is 3.91. The highest BCUT2D eigenvalue weighted by molar-refractivity contribution is 5.78. The van der Waals surface area contributed by atoms with Gasteiger partial charge in [0.05, 0.1) is 11.5 Å². The van der Waals surface area contributed by atoms with Crippen molar-refractivity contribution in [2.45, 2.75) is 18.9 Å². The second kappa shape index (κ2) is 3.17. The number of pyridine rings is 1.